The predicted molar refractivity (Wildman–Crippen MR) is 76.8 cm³/mol. The molecule has 1 unspecified atom stereocenters. The molecule has 1 aromatic rings. The van der Waals surface area contributed by atoms with Crippen molar-refractivity contribution in [2.45, 2.75) is 32.5 Å². The number of nitro groups is 1. The molecular weight excluding hydrogens is 260 g/mol. The highest BCUT2D eigenvalue weighted by molar-refractivity contribution is 5.32. The van der Waals surface area contributed by atoms with Crippen LogP contribution in [-0.2, 0) is 11.2 Å². The van der Waals surface area contributed by atoms with Crippen LogP contribution in [-0.4, -0.2) is 41.9 Å². The van der Waals surface area contributed by atoms with E-state index in [0.717, 1.165) is 12.0 Å². The number of nitrogens with one attached hydrogen (secondary N) is 1. The molecule has 0 aliphatic carbocycles. The molecular formula is C14H22N2O4. The van der Waals surface area contributed by atoms with Crippen molar-refractivity contribution < 1.29 is 14.8 Å². The molecule has 0 aromatic heterocycles. The number of non-ortho nitro benzene ring substituents is 1. The minimum absolute atomic E-state index is 0.1000. The first-order valence-corrected chi connectivity index (χ1v) is 6.72. The van der Waals surface area contributed by atoms with Crippen LogP contribution in [0.2, 0.25) is 0 Å². The summed E-state index contributed by atoms with van der Waals surface area (Å²) in [4.78, 5) is 10.1. The average Bonchev–Trinajstić information content (AvgIpc) is 2.42. The first-order valence-electron chi connectivity index (χ1n) is 6.72. The van der Waals surface area contributed by atoms with E-state index < -0.39 is 11.0 Å². The molecule has 0 fully saturated rings. The largest absolute Gasteiger partial charge is 0.389 e. The summed E-state index contributed by atoms with van der Waals surface area (Å²) in [7, 11) is 0. The summed E-state index contributed by atoms with van der Waals surface area (Å²) in [6.45, 7) is 5.35. The molecule has 0 radical (unpaired) electrons. The Bertz CT molecular complexity index is 406. The number of nitrogens with zero attached hydrogens (tertiary/aromatic N) is 1. The first-order chi connectivity index (χ1) is 9.49. The molecule has 20 heavy (non-hydrogen) atoms. The second-order valence-corrected chi connectivity index (χ2v) is 4.91. The molecule has 0 saturated carbocycles. The van der Waals surface area contributed by atoms with Crippen molar-refractivity contribution in [2.75, 3.05) is 19.7 Å². The van der Waals surface area contributed by atoms with Crippen molar-refractivity contribution in [3.05, 3.63) is 39.9 Å². The molecule has 0 bridgehead atoms. The topological polar surface area (TPSA) is 84.6 Å². The van der Waals surface area contributed by atoms with Crippen LogP contribution >= 0.6 is 0 Å². The fraction of sp³-hybridized carbons (Fsp3) is 0.571. The number of nitro benzene ring substituents is 1. The highest BCUT2D eigenvalue weighted by Crippen LogP contribution is 2.11. The van der Waals surface area contributed by atoms with Crippen LogP contribution in [0.5, 0.6) is 0 Å². The molecule has 0 heterocycles. The summed E-state index contributed by atoms with van der Waals surface area (Å²) in [6, 6.07) is 6.50. The Morgan fingerprint density at radius 2 is 2.00 bits per heavy atom. The van der Waals surface area contributed by atoms with Gasteiger partial charge in [0.25, 0.3) is 5.69 Å². The maximum atomic E-state index is 10.5. The van der Waals surface area contributed by atoms with Crippen molar-refractivity contribution in [3.8, 4) is 0 Å². The van der Waals surface area contributed by atoms with Crippen molar-refractivity contribution >= 4 is 5.69 Å². The summed E-state index contributed by atoms with van der Waals surface area (Å²) in [5, 5.41) is 23.3. The van der Waals surface area contributed by atoms with Crippen LogP contribution in [0.4, 0.5) is 5.69 Å². The Kier molecular flexibility index (Phi) is 7.14. The van der Waals surface area contributed by atoms with Crippen LogP contribution in [0.15, 0.2) is 24.3 Å². The first kappa shape index (κ1) is 16.6. The van der Waals surface area contributed by atoms with E-state index in [9.17, 15) is 15.2 Å². The van der Waals surface area contributed by atoms with Gasteiger partial charge in [0.2, 0.25) is 0 Å². The number of benzene rings is 1. The van der Waals surface area contributed by atoms with Crippen LogP contribution in [0, 0.1) is 10.1 Å². The zero-order chi connectivity index (χ0) is 15.0. The van der Waals surface area contributed by atoms with Gasteiger partial charge >= 0.3 is 0 Å². The van der Waals surface area contributed by atoms with Gasteiger partial charge in [0, 0.05) is 18.7 Å². The monoisotopic (exact) mass is 282 g/mol. The highest BCUT2D eigenvalue weighted by Gasteiger charge is 2.06. The van der Waals surface area contributed by atoms with Crippen molar-refractivity contribution in [2.24, 2.45) is 0 Å². The van der Waals surface area contributed by atoms with Gasteiger partial charge in [-0.1, -0.05) is 12.1 Å². The molecule has 2 N–H and O–H groups in total. The van der Waals surface area contributed by atoms with E-state index in [2.05, 4.69) is 5.32 Å². The van der Waals surface area contributed by atoms with Crippen molar-refractivity contribution in [1.82, 2.24) is 5.32 Å². The number of rotatable bonds is 9. The minimum atomic E-state index is -0.519. The molecule has 6 nitrogen and oxygen atoms in total. The molecule has 0 aliphatic heterocycles. The van der Waals surface area contributed by atoms with E-state index in [1.165, 1.54) is 12.1 Å². The van der Waals surface area contributed by atoms with E-state index in [4.69, 9.17) is 4.74 Å². The lowest BCUT2D eigenvalue weighted by atomic mass is 10.1. The molecule has 0 amide bonds. The van der Waals surface area contributed by atoms with Crippen LogP contribution in [0.3, 0.4) is 0 Å². The normalized spacial score (nSPS) is 12.6. The summed E-state index contributed by atoms with van der Waals surface area (Å²) < 4.78 is 5.30. The minimum Gasteiger partial charge on any atom is -0.389 e. The zero-order valence-corrected chi connectivity index (χ0v) is 11.9. The van der Waals surface area contributed by atoms with Gasteiger partial charge in [-0.15, -0.1) is 0 Å². The molecule has 0 spiro atoms. The molecule has 1 rings (SSSR count). The van der Waals surface area contributed by atoms with E-state index in [-0.39, 0.29) is 11.8 Å². The van der Waals surface area contributed by atoms with Gasteiger partial charge in [-0.25, -0.2) is 0 Å². The standard InChI is InChI=1S/C14H22N2O4/c1-11(2)20-10-14(17)9-15-8-7-12-3-5-13(6-4-12)16(18)19/h3-6,11,14-15,17H,7-10H2,1-2H3. The third kappa shape index (κ3) is 6.60. The van der Waals surface area contributed by atoms with E-state index >= 15 is 0 Å². The predicted octanol–water partition coefficient (Wildman–Crippen LogP) is 1.51. The SMILES string of the molecule is CC(C)OCC(O)CNCCc1ccc([N+](=O)[O-])cc1. The van der Waals surface area contributed by atoms with Crippen molar-refractivity contribution in [1.29, 1.82) is 0 Å². The van der Waals surface area contributed by atoms with E-state index in [1.54, 1.807) is 12.1 Å². The number of hydrogen-bond donors (Lipinski definition) is 2. The average molecular weight is 282 g/mol. The molecule has 1 aromatic carbocycles. The molecule has 0 aliphatic rings. The lowest BCUT2D eigenvalue weighted by molar-refractivity contribution is -0.384. The Labute approximate surface area is 118 Å². The van der Waals surface area contributed by atoms with Gasteiger partial charge in [-0.3, -0.25) is 10.1 Å². The Balaban J connectivity index is 2.19. The lowest BCUT2D eigenvalue weighted by Crippen LogP contribution is -2.32. The third-order valence-corrected chi connectivity index (χ3v) is 2.74. The Hall–Kier alpha value is -1.50. The Morgan fingerprint density at radius 3 is 2.55 bits per heavy atom. The van der Waals surface area contributed by atoms with Crippen LogP contribution in [0.1, 0.15) is 19.4 Å². The zero-order valence-electron chi connectivity index (χ0n) is 11.9. The molecule has 112 valence electrons. The van der Waals surface area contributed by atoms with Gasteiger partial charge in [0.1, 0.15) is 0 Å². The summed E-state index contributed by atoms with van der Waals surface area (Å²) in [5.41, 5.74) is 1.12. The molecule has 6 heteroatoms. The second kappa shape index (κ2) is 8.63. The maximum Gasteiger partial charge on any atom is 0.269 e. The molecule has 0 saturated heterocycles. The smallest absolute Gasteiger partial charge is 0.269 e. The van der Waals surface area contributed by atoms with Gasteiger partial charge < -0.3 is 15.2 Å². The van der Waals surface area contributed by atoms with Crippen LogP contribution in [0.25, 0.3) is 0 Å². The summed E-state index contributed by atoms with van der Waals surface area (Å²) in [6.07, 6.45) is 0.356. The summed E-state index contributed by atoms with van der Waals surface area (Å²) >= 11 is 0. The number of aliphatic hydroxyl groups excluding tert-OH is 1. The van der Waals surface area contributed by atoms with E-state index in [0.29, 0.717) is 19.7 Å². The number of aliphatic hydroxyl groups is 1. The fourth-order valence-corrected chi connectivity index (χ4v) is 1.65. The van der Waals surface area contributed by atoms with E-state index in [1.807, 2.05) is 13.8 Å². The van der Waals surface area contributed by atoms with Gasteiger partial charge in [-0.2, -0.15) is 0 Å². The highest BCUT2D eigenvalue weighted by atomic mass is 16.6. The number of hydrogen-bond acceptors (Lipinski definition) is 5. The molecule has 1 atom stereocenters. The lowest BCUT2D eigenvalue weighted by Gasteiger charge is -2.14. The Morgan fingerprint density at radius 1 is 1.35 bits per heavy atom. The number of ether oxygens (including phenoxy) is 1. The third-order valence-electron chi connectivity index (χ3n) is 2.74. The van der Waals surface area contributed by atoms with Crippen molar-refractivity contribution in [3.63, 3.8) is 0 Å². The van der Waals surface area contributed by atoms with Gasteiger partial charge in [-0.05, 0) is 32.4 Å². The second-order valence-electron chi connectivity index (χ2n) is 4.91. The maximum absolute atomic E-state index is 10.5. The van der Waals surface area contributed by atoms with Gasteiger partial charge in [0.05, 0.1) is 23.7 Å². The fourth-order valence-electron chi connectivity index (χ4n) is 1.65. The summed E-state index contributed by atoms with van der Waals surface area (Å²) in [5.74, 6) is 0. The quantitative estimate of drug-likeness (QED) is 0.407. The van der Waals surface area contributed by atoms with Gasteiger partial charge in [0.15, 0.2) is 0 Å². The van der Waals surface area contributed by atoms with Crippen LogP contribution < -0.4 is 5.32 Å².